The number of nitrogens with zero attached hydrogens (tertiary/aromatic N) is 2. The number of carbonyl (C=O) groups is 1. The van der Waals surface area contributed by atoms with E-state index >= 15 is 0 Å². The predicted octanol–water partition coefficient (Wildman–Crippen LogP) is 4.65. The lowest BCUT2D eigenvalue weighted by atomic mass is 10.1. The second-order valence-electron chi connectivity index (χ2n) is 5.60. The summed E-state index contributed by atoms with van der Waals surface area (Å²) in [5, 5.41) is 11.1. The number of aromatic nitrogens is 3. The molecule has 9 heteroatoms. The van der Waals surface area contributed by atoms with E-state index in [0.717, 1.165) is 5.56 Å². The zero-order valence-electron chi connectivity index (χ0n) is 15.2. The Morgan fingerprint density at radius 3 is 2.71 bits per heavy atom. The van der Waals surface area contributed by atoms with Crippen LogP contribution in [-0.4, -0.2) is 35.1 Å². The fraction of sp³-hybridized carbons (Fsp3) is 0.211. The smallest absolute Gasteiger partial charge is 0.361 e. The molecule has 3 rings (SSSR count). The SMILES string of the molecule is CCOC(=O)c1n[nH]nc1-c1cc(OC)c(OCc2ccccc2Cl)cc1Br. The highest BCUT2D eigenvalue weighted by atomic mass is 79.9. The van der Waals surface area contributed by atoms with Crippen molar-refractivity contribution in [3.8, 4) is 22.8 Å². The topological polar surface area (TPSA) is 86.3 Å². The van der Waals surface area contributed by atoms with Gasteiger partial charge in [0.05, 0.1) is 13.7 Å². The quantitative estimate of drug-likeness (QED) is 0.510. The zero-order chi connectivity index (χ0) is 20.1. The number of methoxy groups -OCH3 is 1. The molecule has 0 aliphatic rings. The van der Waals surface area contributed by atoms with E-state index in [-0.39, 0.29) is 18.9 Å². The molecule has 0 amide bonds. The monoisotopic (exact) mass is 465 g/mol. The van der Waals surface area contributed by atoms with Crippen molar-refractivity contribution >= 4 is 33.5 Å². The Balaban J connectivity index is 1.91. The fourth-order valence-corrected chi connectivity index (χ4v) is 3.22. The summed E-state index contributed by atoms with van der Waals surface area (Å²) in [6.07, 6.45) is 0. The minimum Gasteiger partial charge on any atom is -0.493 e. The first-order valence-electron chi connectivity index (χ1n) is 8.37. The van der Waals surface area contributed by atoms with E-state index in [1.165, 1.54) is 7.11 Å². The van der Waals surface area contributed by atoms with Crippen molar-refractivity contribution < 1.29 is 19.0 Å². The Kier molecular flexibility index (Phi) is 6.53. The number of rotatable bonds is 7. The first-order valence-corrected chi connectivity index (χ1v) is 9.54. The number of ether oxygens (including phenoxy) is 3. The van der Waals surface area contributed by atoms with Gasteiger partial charge in [-0.15, -0.1) is 5.10 Å². The normalized spacial score (nSPS) is 10.6. The van der Waals surface area contributed by atoms with Gasteiger partial charge >= 0.3 is 5.97 Å². The highest BCUT2D eigenvalue weighted by Crippen LogP contribution is 2.39. The maximum Gasteiger partial charge on any atom is 0.361 e. The minimum atomic E-state index is -0.559. The van der Waals surface area contributed by atoms with Gasteiger partial charge in [0.15, 0.2) is 17.2 Å². The first-order chi connectivity index (χ1) is 13.5. The molecule has 3 aromatic rings. The standard InChI is InChI=1S/C19H17BrClN3O4/c1-3-27-19(25)18-17(22-24-23-18)12-8-15(26-2)16(9-13(12)20)28-10-11-6-4-5-7-14(11)21/h4-9H,3,10H2,1-2H3,(H,22,23,24). The Labute approximate surface area is 175 Å². The number of halogens is 2. The number of hydrogen-bond donors (Lipinski definition) is 1. The van der Waals surface area contributed by atoms with Crippen molar-refractivity contribution in [1.82, 2.24) is 15.4 Å². The summed E-state index contributed by atoms with van der Waals surface area (Å²) >= 11 is 9.68. The van der Waals surface area contributed by atoms with Gasteiger partial charge in [-0.25, -0.2) is 4.79 Å². The molecule has 1 aromatic heterocycles. The molecule has 0 saturated carbocycles. The Morgan fingerprint density at radius 2 is 2.00 bits per heavy atom. The van der Waals surface area contributed by atoms with Crippen molar-refractivity contribution in [1.29, 1.82) is 0 Å². The van der Waals surface area contributed by atoms with Crippen molar-refractivity contribution in [2.24, 2.45) is 0 Å². The van der Waals surface area contributed by atoms with Gasteiger partial charge in [0.2, 0.25) is 0 Å². The van der Waals surface area contributed by atoms with E-state index < -0.39 is 5.97 Å². The summed E-state index contributed by atoms with van der Waals surface area (Å²) in [6, 6.07) is 10.9. The van der Waals surface area contributed by atoms with Gasteiger partial charge in [-0.1, -0.05) is 29.8 Å². The van der Waals surface area contributed by atoms with Gasteiger partial charge in [-0.2, -0.15) is 10.3 Å². The molecule has 1 heterocycles. The number of H-pyrrole nitrogens is 1. The van der Waals surface area contributed by atoms with Gasteiger partial charge in [-0.3, -0.25) is 0 Å². The summed E-state index contributed by atoms with van der Waals surface area (Å²) in [5.41, 5.74) is 1.90. The zero-order valence-corrected chi connectivity index (χ0v) is 17.5. The van der Waals surface area contributed by atoms with Crippen molar-refractivity contribution in [2.45, 2.75) is 13.5 Å². The van der Waals surface area contributed by atoms with Crippen LogP contribution in [0.1, 0.15) is 23.0 Å². The van der Waals surface area contributed by atoms with Crippen molar-refractivity contribution in [2.75, 3.05) is 13.7 Å². The molecule has 0 atom stereocenters. The third kappa shape index (κ3) is 4.28. The molecular formula is C19H17BrClN3O4. The first kappa shape index (κ1) is 20.2. The Morgan fingerprint density at radius 1 is 1.21 bits per heavy atom. The number of aromatic amines is 1. The maximum absolute atomic E-state index is 12.1. The van der Waals surface area contributed by atoms with Crippen LogP contribution in [0.2, 0.25) is 5.02 Å². The van der Waals surface area contributed by atoms with Crippen LogP contribution >= 0.6 is 27.5 Å². The largest absolute Gasteiger partial charge is 0.493 e. The molecule has 0 aliphatic carbocycles. The molecule has 1 N–H and O–H groups in total. The van der Waals surface area contributed by atoms with E-state index in [1.54, 1.807) is 25.1 Å². The third-order valence-corrected chi connectivity index (χ3v) is 4.89. The number of esters is 1. The maximum atomic E-state index is 12.1. The molecule has 2 aromatic carbocycles. The summed E-state index contributed by atoms with van der Waals surface area (Å²) in [7, 11) is 1.53. The highest BCUT2D eigenvalue weighted by molar-refractivity contribution is 9.10. The van der Waals surface area contributed by atoms with Crippen LogP contribution < -0.4 is 9.47 Å². The van der Waals surface area contributed by atoms with E-state index in [1.807, 2.05) is 18.2 Å². The molecule has 28 heavy (non-hydrogen) atoms. The van der Waals surface area contributed by atoms with Gasteiger partial charge in [0.25, 0.3) is 0 Å². The van der Waals surface area contributed by atoms with Crippen LogP contribution in [-0.2, 0) is 11.3 Å². The number of carbonyl (C=O) groups excluding carboxylic acids is 1. The van der Waals surface area contributed by atoms with E-state index in [2.05, 4.69) is 31.3 Å². The second kappa shape index (κ2) is 9.07. The molecule has 0 saturated heterocycles. The number of benzene rings is 2. The lowest BCUT2D eigenvalue weighted by Gasteiger charge is -2.14. The second-order valence-corrected chi connectivity index (χ2v) is 6.87. The minimum absolute atomic E-state index is 0.0920. The Hall–Kier alpha value is -2.58. The molecule has 0 bridgehead atoms. The van der Waals surface area contributed by atoms with Gasteiger partial charge in [-0.05, 0) is 41.1 Å². The van der Waals surface area contributed by atoms with Crippen LogP contribution in [0.15, 0.2) is 40.9 Å². The third-order valence-electron chi connectivity index (χ3n) is 3.87. The molecule has 0 radical (unpaired) electrons. The Bertz CT molecular complexity index is 993. The lowest BCUT2D eigenvalue weighted by molar-refractivity contribution is 0.0520. The highest BCUT2D eigenvalue weighted by Gasteiger charge is 2.22. The van der Waals surface area contributed by atoms with E-state index in [4.69, 9.17) is 25.8 Å². The van der Waals surface area contributed by atoms with Crippen molar-refractivity contribution in [3.63, 3.8) is 0 Å². The van der Waals surface area contributed by atoms with Crippen LogP contribution in [0.5, 0.6) is 11.5 Å². The lowest BCUT2D eigenvalue weighted by Crippen LogP contribution is -2.07. The summed E-state index contributed by atoms with van der Waals surface area (Å²) in [5.74, 6) is 0.429. The van der Waals surface area contributed by atoms with Crippen LogP contribution in [0, 0.1) is 0 Å². The predicted molar refractivity (Wildman–Crippen MR) is 108 cm³/mol. The van der Waals surface area contributed by atoms with Crippen LogP contribution in [0.4, 0.5) is 0 Å². The molecule has 0 unspecified atom stereocenters. The van der Waals surface area contributed by atoms with Gasteiger partial charge in [0, 0.05) is 20.6 Å². The molecule has 0 aliphatic heterocycles. The number of nitrogens with one attached hydrogen (secondary N) is 1. The van der Waals surface area contributed by atoms with Crippen molar-refractivity contribution in [3.05, 3.63) is 57.2 Å². The summed E-state index contributed by atoms with van der Waals surface area (Å²) in [4.78, 5) is 12.1. The van der Waals surface area contributed by atoms with E-state index in [0.29, 0.717) is 32.3 Å². The van der Waals surface area contributed by atoms with Crippen LogP contribution in [0.25, 0.3) is 11.3 Å². The molecule has 7 nitrogen and oxygen atoms in total. The van der Waals surface area contributed by atoms with Gasteiger partial charge < -0.3 is 14.2 Å². The van der Waals surface area contributed by atoms with Crippen LogP contribution in [0.3, 0.4) is 0 Å². The fourth-order valence-electron chi connectivity index (χ4n) is 2.52. The molecule has 0 spiro atoms. The van der Waals surface area contributed by atoms with Gasteiger partial charge in [0.1, 0.15) is 12.3 Å². The molecule has 146 valence electrons. The summed E-state index contributed by atoms with van der Waals surface area (Å²) in [6.45, 7) is 2.24. The summed E-state index contributed by atoms with van der Waals surface area (Å²) < 4.78 is 17.0. The molecule has 0 fully saturated rings. The molecular weight excluding hydrogens is 450 g/mol. The average molecular weight is 467 g/mol. The number of hydrogen-bond acceptors (Lipinski definition) is 6. The average Bonchev–Trinajstić information content (AvgIpc) is 3.17. The van der Waals surface area contributed by atoms with E-state index in [9.17, 15) is 4.79 Å².